The molecule has 3 aromatic carbocycles. The van der Waals surface area contributed by atoms with Gasteiger partial charge in [0, 0.05) is 16.5 Å². The normalized spacial score (nSPS) is 10.7. The number of ether oxygens (including phenoxy) is 4. The highest BCUT2D eigenvalue weighted by molar-refractivity contribution is 6.03. The van der Waals surface area contributed by atoms with Crippen LogP contribution in [0, 0.1) is 6.92 Å². The molecule has 0 saturated heterocycles. The first-order valence-corrected chi connectivity index (χ1v) is 8.60. The Bertz CT molecular complexity index is 953. The molecule has 0 unspecified atom stereocenters. The molecule has 5 nitrogen and oxygen atoms in total. The molecule has 1 N–H and O–H groups in total. The Hall–Kier alpha value is -2.92. The molecule has 0 saturated carbocycles. The fourth-order valence-electron chi connectivity index (χ4n) is 3.54. The first-order valence-electron chi connectivity index (χ1n) is 8.60. The molecule has 0 fully saturated rings. The van der Waals surface area contributed by atoms with E-state index < -0.39 is 0 Å². The lowest BCUT2D eigenvalue weighted by molar-refractivity contribution is 0.281. The van der Waals surface area contributed by atoms with Gasteiger partial charge in [-0.1, -0.05) is 18.2 Å². The minimum absolute atomic E-state index is 0.116. The lowest BCUT2D eigenvalue weighted by atomic mass is 9.93. The maximum absolute atomic E-state index is 9.96. The number of aryl methyl sites for hydroxylation is 1. The second kappa shape index (κ2) is 7.76. The quantitative estimate of drug-likeness (QED) is 0.701. The van der Waals surface area contributed by atoms with Crippen LogP contribution in [0.4, 0.5) is 0 Å². The molecule has 27 heavy (non-hydrogen) atoms. The molecule has 0 atom stereocenters. The van der Waals surface area contributed by atoms with Gasteiger partial charge in [0.05, 0.1) is 40.4 Å². The van der Waals surface area contributed by atoms with Gasteiger partial charge in [0.25, 0.3) is 0 Å². The Morgan fingerprint density at radius 1 is 0.815 bits per heavy atom. The van der Waals surface area contributed by atoms with Gasteiger partial charge in [0.2, 0.25) is 0 Å². The van der Waals surface area contributed by atoms with E-state index in [9.17, 15) is 5.11 Å². The Kier molecular flexibility index (Phi) is 5.42. The molecule has 5 heteroatoms. The third kappa shape index (κ3) is 3.15. The fourth-order valence-corrected chi connectivity index (χ4v) is 3.54. The van der Waals surface area contributed by atoms with E-state index in [1.165, 1.54) is 0 Å². The molecule has 0 aliphatic rings. The van der Waals surface area contributed by atoms with Crippen LogP contribution in [0.5, 0.6) is 23.0 Å². The molecule has 3 rings (SSSR count). The van der Waals surface area contributed by atoms with Crippen LogP contribution in [-0.2, 0) is 6.61 Å². The number of aliphatic hydroxyl groups excluding tert-OH is 1. The number of rotatable bonds is 6. The maximum atomic E-state index is 9.96. The standard InChI is InChI=1S/C22H24O5/c1-13-9-14(12-23)20(18(10-13)25-3)16-11-19(26-4)21-15(22(16)27-5)7-6-8-17(21)24-2/h6-11,23H,12H2,1-5H3. The summed E-state index contributed by atoms with van der Waals surface area (Å²) in [7, 11) is 6.50. The van der Waals surface area contributed by atoms with Crippen LogP contribution in [-0.4, -0.2) is 33.5 Å². The van der Waals surface area contributed by atoms with Crippen LogP contribution in [0.25, 0.3) is 21.9 Å². The van der Waals surface area contributed by atoms with Gasteiger partial charge in [-0.25, -0.2) is 0 Å². The van der Waals surface area contributed by atoms with Gasteiger partial charge in [-0.2, -0.15) is 0 Å². The molecule has 0 bridgehead atoms. The maximum Gasteiger partial charge on any atom is 0.135 e. The minimum atomic E-state index is -0.116. The van der Waals surface area contributed by atoms with E-state index in [2.05, 4.69) is 0 Å². The molecular formula is C22H24O5. The van der Waals surface area contributed by atoms with E-state index in [0.29, 0.717) is 23.0 Å². The summed E-state index contributed by atoms with van der Waals surface area (Å²) in [4.78, 5) is 0. The van der Waals surface area contributed by atoms with Gasteiger partial charge in [0.1, 0.15) is 23.0 Å². The number of hydrogen-bond donors (Lipinski definition) is 1. The molecule has 0 aliphatic heterocycles. The summed E-state index contributed by atoms with van der Waals surface area (Å²) < 4.78 is 22.6. The highest BCUT2D eigenvalue weighted by atomic mass is 16.5. The van der Waals surface area contributed by atoms with Crippen molar-refractivity contribution in [3.8, 4) is 34.1 Å². The molecule has 0 amide bonds. The number of fused-ring (bicyclic) bond motifs is 1. The van der Waals surface area contributed by atoms with E-state index in [-0.39, 0.29) is 6.61 Å². The zero-order valence-electron chi connectivity index (χ0n) is 16.3. The number of benzene rings is 3. The topological polar surface area (TPSA) is 57.2 Å². The minimum Gasteiger partial charge on any atom is -0.496 e. The van der Waals surface area contributed by atoms with E-state index in [1.807, 2.05) is 43.3 Å². The molecule has 3 aromatic rings. The van der Waals surface area contributed by atoms with Gasteiger partial charge < -0.3 is 24.1 Å². The predicted octanol–water partition coefficient (Wildman–Crippen LogP) is 4.34. The Labute approximate surface area is 159 Å². The summed E-state index contributed by atoms with van der Waals surface area (Å²) in [5.41, 5.74) is 3.34. The van der Waals surface area contributed by atoms with Crippen molar-refractivity contribution in [2.75, 3.05) is 28.4 Å². The van der Waals surface area contributed by atoms with Gasteiger partial charge in [-0.3, -0.25) is 0 Å². The summed E-state index contributed by atoms with van der Waals surface area (Å²) in [6.07, 6.45) is 0. The largest absolute Gasteiger partial charge is 0.496 e. The predicted molar refractivity (Wildman–Crippen MR) is 106 cm³/mol. The van der Waals surface area contributed by atoms with Gasteiger partial charge >= 0.3 is 0 Å². The van der Waals surface area contributed by atoms with Crippen molar-refractivity contribution in [3.05, 3.63) is 47.5 Å². The number of aliphatic hydroxyl groups is 1. The zero-order chi connectivity index (χ0) is 19.6. The molecule has 142 valence electrons. The van der Waals surface area contributed by atoms with Crippen LogP contribution in [0.1, 0.15) is 11.1 Å². The van der Waals surface area contributed by atoms with Gasteiger partial charge in [0.15, 0.2) is 0 Å². The monoisotopic (exact) mass is 368 g/mol. The highest BCUT2D eigenvalue weighted by Gasteiger charge is 2.22. The number of hydrogen-bond acceptors (Lipinski definition) is 5. The summed E-state index contributed by atoms with van der Waals surface area (Å²) in [6, 6.07) is 11.5. The molecule has 0 spiro atoms. The summed E-state index contributed by atoms with van der Waals surface area (Å²) >= 11 is 0. The second-order valence-electron chi connectivity index (χ2n) is 6.20. The van der Waals surface area contributed by atoms with Crippen LogP contribution < -0.4 is 18.9 Å². The third-order valence-electron chi connectivity index (χ3n) is 4.67. The van der Waals surface area contributed by atoms with Crippen LogP contribution in [0.2, 0.25) is 0 Å². The highest BCUT2D eigenvalue weighted by Crippen LogP contribution is 2.48. The molecule has 0 aromatic heterocycles. The SMILES string of the molecule is COc1cc(C)cc(CO)c1-c1cc(OC)c2c(OC)cccc2c1OC. The van der Waals surface area contributed by atoms with Crippen molar-refractivity contribution in [1.82, 2.24) is 0 Å². The average Bonchev–Trinajstić information content (AvgIpc) is 2.71. The van der Waals surface area contributed by atoms with Crippen molar-refractivity contribution in [3.63, 3.8) is 0 Å². The summed E-state index contributed by atoms with van der Waals surface area (Å²) in [6.45, 7) is 1.85. The second-order valence-corrected chi connectivity index (χ2v) is 6.20. The van der Waals surface area contributed by atoms with Crippen molar-refractivity contribution >= 4 is 10.8 Å². The number of methoxy groups -OCH3 is 4. The molecular weight excluding hydrogens is 344 g/mol. The molecule has 0 heterocycles. The zero-order valence-corrected chi connectivity index (χ0v) is 16.3. The van der Waals surface area contributed by atoms with Gasteiger partial charge in [-0.15, -0.1) is 0 Å². The van der Waals surface area contributed by atoms with Crippen molar-refractivity contribution in [1.29, 1.82) is 0 Å². The average molecular weight is 368 g/mol. The summed E-state index contributed by atoms with van der Waals surface area (Å²) in [5.74, 6) is 2.69. The van der Waals surface area contributed by atoms with E-state index in [1.54, 1.807) is 28.4 Å². The fraction of sp³-hybridized carbons (Fsp3) is 0.273. The lowest BCUT2D eigenvalue weighted by Crippen LogP contribution is -2.00. The Morgan fingerprint density at radius 2 is 1.52 bits per heavy atom. The van der Waals surface area contributed by atoms with E-state index in [0.717, 1.165) is 33.0 Å². The van der Waals surface area contributed by atoms with Crippen molar-refractivity contribution in [2.24, 2.45) is 0 Å². The molecule has 0 aliphatic carbocycles. The van der Waals surface area contributed by atoms with Gasteiger partial charge in [-0.05, 0) is 36.2 Å². The summed E-state index contributed by atoms with van der Waals surface area (Å²) in [5, 5.41) is 11.7. The van der Waals surface area contributed by atoms with Crippen molar-refractivity contribution < 1.29 is 24.1 Å². The lowest BCUT2D eigenvalue weighted by Gasteiger charge is -2.20. The van der Waals surface area contributed by atoms with E-state index in [4.69, 9.17) is 18.9 Å². The smallest absolute Gasteiger partial charge is 0.135 e. The van der Waals surface area contributed by atoms with Crippen LogP contribution in [0.3, 0.4) is 0 Å². The van der Waals surface area contributed by atoms with E-state index >= 15 is 0 Å². The van der Waals surface area contributed by atoms with Crippen LogP contribution >= 0.6 is 0 Å². The van der Waals surface area contributed by atoms with Crippen LogP contribution in [0.15, 0.2) is 36.4 Å². The first-order chi connectivity index (χ1) is 13.1. The first kappa shape index (κ1) is 18.9. The van der Waals surface area contributed by atoms with Crippen molar-refractivity contribution in [2.45, 2.75) is 13.5 Å². The molecule has 0 radical (unpaired) electrons. The Morgan fingerprint density at radius 3 is 2.11 bits per heavy atom. The third-order valence-corrected chi connectivity index (χ3v) is 4.67. The Balaban J connectivity index is 2.47.